The molecule has 1 N–H and O–H groups in total. The van der Waals surface area contributed by atoms with Crippen molar-refractivity contribution in [2.75, 3.05) is 32.0 Å². The van der Waals surface area contributed by atoms with Gasteiger partial charge in [0, 0.05) is 24.5 Å². The molecule has 0 spiro atoms. The molecule has 0 aliphatic rings. The van der Waals surface area contributed by atoms with Crippen LogP contribution in [0.1, 0.15) is 4.88 Å². The Kier molecular flexibility index (Phi) is 5.70. The van der Waals surface area contributed by atoms with Crippen LogP contribution in [0.5, 0.6) is 0 Å². The quantitative estimate of drug-likeness (QED) is 0.831. The van der Waals surface area contributed by atoms with Crippen molar-refractivity contribution in [2.24, 2.45) is 0 Å². The Hall–Kier alpha value is -1.03. The Morgan fingerprint density at radius 3 is 2.74 bits per heavy atom. The highest BCUT2D eigenvalue weighted by atomic mass is 35.5. The average Bonchev–Trinajstić information content (AvgIpc) is 2.92. The van der Waals surface area contributed by atoms with E-state index >= 15 is 0 Å². The van der Waals surface area contributed by atoms with Gasteiger partial charge >= 0.3 is 0 Å². The molecule has 0 radical (unpaired) electrons. The third-order valence-corrected chi connectivity index (χ3v) is 4.27. The Balaban J connectivity index is 1.66. The first-order valence-electron chi connectivity index (χ1n) is 6.45. The summed E-state index contributed by atoms with van der Waals surface area (Å²) in [5, 5.41) is 6.28. The predicted octanol–water partition coefficient (Wildman–Crippen LogP) is 3.99. The highest BCUT2D eigenvalue weighted by Gasteiger charge is 2.01. The van der Waals surface area contributed by atoms with E-state index in [-0.39, 0.29) is 0 Å². The first kappa shape index (κ1) is 14.4. The average molecular weight is 295 g/mol. The van der Waals surface area contributed by atoms with E-state index in [0.717, 1.165) is 36.8 Å². The van der Waals surface area contributed by atoms with Gasteiger partial charge in [-0.05, 0) is 37.0 Å². The summed E-state index contributed by atoms with van der Waals surface area (Å²) in [5.74, 6) is 0. The van der Waals surface area contributed by atoms with Gasteiger partial charge in [0.25, 0.3) is 0 Å². The molecule has 19 heavy (non-hydrogen) atoms. The molecule has 0 aliphatic carbocycles. The Morgan fingerprint density at radius 2 is 2.00 bits per heavy atom. The topological polar surface area (TPSA) is 15.3 Å². The van der Waals surface area contributed by atoms with Crippen LogP contribution in [-0.2, 0) is 6.42 Å². The van der Waals surface area contributed by atoms with E-state index in [9.17, 15) is 0 Å². The number of hydrogen-bond donors (Lipinski definition) is 1. The lowest BCUT2D eigenvalue weighted by Gasteiger charge is -2.17. The fourth-order valence-electron chi connectivity index (χ4n) is 1.85. The minimum Gasteiger partial charge on any atom is -0.383 e. The van der Waals surface area contributed by atoms with Gasteiger partial charge in [0.05, 0.1) is 10.7 Å². The monoisotopic (exact) mass is 294 g/mol. The van der Waals surface area contributed by atoms with Gasteiger partial charge in [-0.3, -0.25) is 0 Å². The summed E-state index contributed by atoms with van der Waals surface area (Å²) in [7, 11) is 2.15. The minimum absolute atomic E-state index is 0.781. The van der Waals surface area contributed by atoms with Crippen molar-refractivity contribution < 1.29 is 0 Å². The second kappa shape index (κ2) is 7.53. The van der Waals surface area contributed by atoms with Gasteiger partial charge in [-0.1, -0.05) is 29.8 Å². The van der Waals surface area contributed by atoms with Gasteiger partial charge < -0.3 is 10.2 Å². The number of rotatable bonds is 7. The third-order valence-electron chi connectivity index (χ3n) is 3.00. The number of hydrogen-bond acceptors (Lipinski definition) is 3. The lowest BCUT2D eigenvalue weighted by atomic mass is 10.3. The zero-order valence-electron chi connectivity index (χ0n) is 11.1. The lowest BCUT2D eigenvalue weighted by Crippen LogP contribution is -2.27. The van der Waals surface area contributed by atoms with E-state index in [1.54, 1.807) is 0 Å². The first-order chi connectivity index (χ1) is 9.25. The molecule has 1 aromatic heterocycles. The van der Waals surface area contributed by atoms with Crippen molar-refractivity contribution in [3.05, 3.63) is 51.7 Å². The molecular formula is C15H19ClN2S. The maximum Gasteiger partial charge on any atom is 0.0637 e. The van der Waals surface area contributed by atoms with Crippen LogP contribution in [0, 0.1) is 0 Å². The van der Waals surface area contributed by atoms with Crippen LogP contribution in [0.4, 0.5) is 5.69 Å². The number of likely N-dealkylation sites (N-methyl/N-ethyl adjacent to an activating group) is 1. The van der Waals surface area contributed by atoms with Gasteiger partial charge in [0.2, 0.25) is 0 Å². The molecule has 0 amide bonds. The summed E-state index contributed by atoms with van der Waals surface area (Å²) in [6.07, 6.45) is 1.13. The molecule has 102 valence electrons. The maximum absolute atomic E-state index is 6.09. The predicted molar refractivity (Wildman–Crippen MR) is 85.5 cm³/mol. The molecule has 2 rings (SSSR count). The van der Waals surface area contributed by atoms with E-state index in [2.05, 4.69) is 34.8 Å². The molecular weight excluding hydrogens is 276 g/mol. The van der Waals surface area contributed by atoms with Crippen molar-refractivity contribution in [3.63, 3.8) is 0 Å². The van der Waals surface area contributed by atoms with Crippen molar-refractivity contribution in [2.45, 2.75) is 6.42 Å². The first-order valence-corrected chi connectivity index (χ1v) is 7.71. The van der Waals surface area contributed by atoms with Crippen LogP contribution < -0.4 is 5.32 Å². The minimum atomic E-state index is 0.781. The van der Waals surface area contributed by atoms with Crippen molar-refractivity contribution in [1.29, 1.82) is 0 Å². The highest BCUT2D eigenvalue weighted by Crippen LogP contribution is 2.19. The molecule has 1 heterocycles. The van der Waals surface area contributed by atoms with Crippen molar-refractivity contribution in [1.82, 2.24) is 4.90 Å². The van der Waals surface area contributed by atoms with Crippen LogP contribution in [0.3, 0.4) is 0 Å². The largest absolute Gasteiger partial charge is 0.383 e. The summed E-state index contributed by atoms with van der Waals surface area (Å²) in [6, 6.07) is 12.2. The zero-order valence-corrected chi connectivity index (χ0v) is 12.7. The van der Waals surface area contributed by atoms with Gasteiger partial charge in [-0.25, -0.2) is 0 Å². The van der Waals surface area contributed by atoms with Gasteiger partial charge in [-0.2, -0.15) is 0 Å². The fraction of sp³-hybridized carbons (Fsp3) is 0.333. The maximum atomic E-state index is 6.09. The third kappa shape index (κ3) is 4.86. The molecule has 0 bridgehead atoms. The van der Waals surface area contributed by atoms with Gasteiger partial charge in [0.15, 0.2) is 0 Å². The van der Waals surface area contributed by atoms with E-state index in [1.807, 2.05) is 35.6 Å². The molecule has 4 heteroatoms. The number of nitrogens with zero attached hydrogens (tertiary/aromatic N) is 1. The van der Waals surface area contributed by atoms with Gasteiger partial charge in [-0.15, -0.1) is 11.3 Å². The Bertz CT molecular complexity index is 485. The van der Waals surface area contributed by atoms with E-state index < -0.39 is 0 Å². The Labute approximate surface area is 124 Å². The van der Waals surface area contributed by atoms with Crippen molar-refractivity contribution >= 4 is 28.6 Å². The summed E-state index contributed by atoms with van der Waals surface area (Å²) in [6.45, 7) is 3.01. The SMILES string of the molecule is CN(CCNc1ccccc1Cl)CCc1cccs1. The lowest BCUT2D eigenvalue weighted by molar-refractivity contribution is 0.352. The number of thiophene rings is 1. The fourth-order valence-corrected chi connectivity index (χ4v) is 2.75. The number of anilines is 1. The number of nitrogens with one attached hydrogen (secondary N) is 1. The standard InChI is InChI=1S/C15H19ClN2S/c1-18(10-8-13-5-4-12-19-13)11-9-17-15-7-3-2-6-14(15)16/h2-7,12,17H,8-11H2,1H3. The molecule has 0 saturated heterocycles. The molecule has 0 fully saturated rings. The second-order valence-corrected chi connectivity index (χ2v) is 5.98. The number of para-hydroxylation sites is 1. The van der Waals surface area contributed by atoms with E-state index in [1.165, 1.54) is 4.88 Å². The molecule has 1 aromatic carbocycles. The summed E-state index contributed by atoms with van der Waals surface area (Å²) in [4.78, 5) is 3.79. The zero-order chi connectivity index (χ0) is 13.5. The van der Waals surface area contributed by atoms with Crippen LogP contribution in [0.2, 0.25) is 5.02 Å². The van der Waals surface area contributed by atoms with E-state index in [0.29, 0.717) is 0 Å². The molecule has 0 saturated carbocycles. The van der Waals surface area contributed by atoms with Gasteiger partial charge in [0.1, 0.15) is 0 Å². The molecule has 2 aromatic rings. The summed E-state index contributed by atoms with van der Waals surface area (Å²) < 4.78 is 0. The van der Waals surface area contributed by atoms with Crippen LogP contribution >= 0.6 is 22.9 Å². The molecule has 2 nitrogen and oxygen atoms in total. The highest BCUT2D eigenvalue weighted by molar-refractivity contribution is 7.09. The van der Waals surface area contributed by atoms with Crippen LogP contribution in [0.25, 0.3) is 0 Å². The van der Waals surface area contributed by atoms with E-state index in [4.69, 9.17) is 11.6 Å². The van der Waals surface area contributed by atoms with Crippen molar-refractivity contribution in [3.8, 4) is 0 Å². The Morgan fingerprint density at radius 1 is 1.16 bits per heavy atom. The summed E-state index contributed by atoms with van der Waals surface area (Å²) >= 11 is 7.92. The second-order valence-electron chi connectivity index (χ2n) is 4.54. The van der Waals surface area contributed by atoms with Crippen LogP contribution in [-0.4, -0.2) is 31.6 Å². The molecule has 0 atom stereocenters. The number of benzene rings is 1. The van der Waals surface area contributed by atoms with Crippen LogP contribution in [0.15, 0.2) is 41.8 Å². The molecule has 0 unspecified atom stereocenters. The summed E-state index contributed by atoms with van der Waals surface area (Å²) in [5.41, 5.74) is 1.01. The normalized spacial score (nSPS) is 10.9. The molecule has 0 aliphatic heterocycles. The smallest absolute Gasteiger partial charge is 0.0637 e. The number of halogens is 1.